The van der Waals surface area contributed by atoms with Crippen LogP contribution >= 0.6 is 23.2 Å². The van der Waals surface area contributed by atoms with E-state index in [9.17, 15) is 13.5 Å². The first-order chi connectivity index (χ1) is 9.92. The highest BCUT2D eigenvalue weighted by molar-refractivity contribution is 7.89. The van der Waals surface area contributed by atoms with E-state index >= 15 is 0 Å². The molecule has 2 heterocycles. The van der Waals surface area contributed by atoms with Crippen molar-refractivity contribution in [3.63, 3.8) is 0 Å². The van der Waals surface area contributed by atoms with Gasteiger partial charge in [0, 0.05) is 10.6 Å². The number of rotatable bonds is 4. The predicted octanol–water partition coefficient (Wildman–Crippen LogP) is 2.08. The first-order valence-corrected chi connectivity index (χ1v) is 8.92. The van der Waals surface area contributed by atoms with E-state index in [1.54, 1.807) is 0 Å². The molecule has 0 aliphatic carbocycles. The van der Waals surface area contributed by atoms with Crippen LogP contribution in [0.1, 0.15) is 24.8 Å². The van der Waals surface area contributed by atoms with Gasteiger partial charge in [-0.1, -0.05) is 23.2 Å². The van der Waals surface area contributed by atoms with Gasteiger partial charge in [-0.15, -0.1) is 0 Å². The highest BCUT2D eigenvalue weighted by Crippen LogP contribution is 2.36. The van der Waals surface area contributed by atoms with Crippen LogP contribution in [0.3, 0.4) is 0 Å². The van der Waals surface area contributed by atoms with Crippen molar-refractivity contribution in [1.82, 2.24) is 4.72 Å². The van der Waals surface area contributed by atoms with E-state index in [4.69, 9.17) is 27.9 Å². The maximum atomic E-state index is 12.5. The van der Waals surface area contributed by atoms with Crippen molar-refractivity contribution in [2.24, 2.45) is 0 Å². The summed E-state index contributed by atoms with van der Waals surface area (Å²) in [5.74, 6) is 0. The fourth-order valence-electron chi connectivity index (χ4n) is 2.95. The number of sulfonamides is 1. The Morgan fingerprint density at radius 2 is 2.10 bits per heavy atom. The molecule has 3 atom stereocenters. The van der Waals surface area contributed by atoms with Crippen molar-refractivity contribution in [3.05, 3.63) is 27.7 Å². The van der Waals surface area contributed by atoms with Crippen LogP contribution in [0.25, 0.3) is 0 Å². The van der Waals surface area contributed by atoms with Gasteiger partial charge in [0.05, 0.1) is 29.9 Å². The molecule has 5 nitrogen and oxygen atoms in total. The van der Waals surface area contributed by atoms with Crippen LogP contribution in [-0.4, -0.2) is 31.8 Å². The molecule has 1 aromatic rings. The third kappa shape index (κ3) is 2.81. The van der Waals surface area contributed by atoms with E-state index < -0.39 is 16.6 Å². The molecular weight excluding hydrogens is 337 g/mol. The van der Waals surface area contributed by atoms with E-state index in [2.05, 4.69) is 4.72 Å². The number of aliphatic hydroxyl groups is 1. The number of ether oxygens (including phenoxy) is 1. The second-order valence-corrected chi connectivity index (χ2v) is 7.80. The second-order valence-electron chi connectivity index (χ2n) is 5.33. The fraction of sp³-hybridized carbons (Fsp3) is 0.538. The van der Waals surface area contributed by atoms with Gasteiger partial charge in [-0.2, -0.15) is 0 Å². The summed E-state index contributed by atoms with van der Waals surface area (Å²) >= 11 is 12.0. The molecule has 2 bridgehead atoms. The minimum atomic E-state index is -3.78. The number of benzene rings is 1. The smallest absolute Gasteiger partial charge is 0.242 e. The highest BCUT2D eigenvalue weighted by atomic mass is 35.5. The number of halogens is 2. The molecule has 0 aromatic heterocycles. The minimum absolute atomic E-state index is 0.0402. The molecule has 2 aliphatic heterocycles. The summed E-state index contributed by atoms with van der Waals surface area (Å²) in [5, 5.41) is 9.46. The third-order valence-corrected chi connectivity index (χ3v) is 6.44. The van der Waals surface area contributed by atoms with Gasteiger partial charge in [0.25, 0.3) is 0 Å². The van der Waals surface area contributed by atoms with Gasteiger partial charge in [-0.05, 0) is 31.4 Å². The standard InChI is InChI=1S/C13H15Cl2NO4S/c14-9-2-4-12(13(15)8(9)6-17)21(18,19)16-10-5-7-1-3-11(10)20-7/h2,4,7,10-11,16-17H,1,3,5-6H2. The topological polar surface area (TPSA) is 75.6 Å². The molecule has 0 saturated carbocycles. The summed E-state index contributed by atoms with van der Waals surface area (Å²) in [5.41, 5.74) is 0.213. The summed E-state index contributed by atoms with van der Waals surface area (Å²) in [4.78, 5) is -0.0691. The summed E-state index contributed by atoms with van der Waals surface area (Å²) in [7, 11) is -3.78. The van der Waals surface area contributed by atoms with Crippen molar-refractivity contribution >= 4 is 33.2 Å². The number of hydrogen-bond donors (Lipinski definition) is 2. The average molecular weight is 352 g/mol. The van der Waals surface area contributed by atoms with Gasteiger partial charge in [0.15, 0.2) is 0 Å². The second kappa shape index (κ2) is 5.68. The summed E-state index contributed by atoms with van der Waals surface area (Å²) < 4.78 is 33.3. The molecule has 2 N–H and O–H groups in total. The largest absolute Gasteiger partial charge is 0.392 e. The van der Waals surface area contributed by atoms with Gasteiger partial charge in [0.2, 0.25) is 10.0 Å². The van der Waals surface area contributed by atoms with Gasteiger partial charge >= 0.3 is 0 Å². The Labute approximate surface area is 133 Å². The fourth-order valence-corrected chi connectivity index (χ4v) is 5.13. The van der Waals surface area contributed by atoms with Crippen LogP contribution in [0, 0.1) is 0 Å². The van der Waals surface area contributed by atoms with Crippen molar-refractivity contribution in [2.45, 2.75) is 49.0 Å². The van der Waals surface area contributed by atoms with Crippen LogP contribution in [0.15, 0.2) is 17.0 Å². The van der Waals surface area contributed by atoms with E-state index in [1.165, 1.54) is 12.1 Å². The Morgan fingerprint density at radius 3 is 2.67 bits per heavy atom. The van der Waals surface area contributed by atoms with E-state index in [1.807, 2.05) is 0 Å². The van der Waals surface area contributed by atoms with Crippen LogP contribution in [0.2, 0.25) is 10.0 Å². The molecule has 2 aliphatic rings. The predicted molar refractivity (Wildman–Crippen MR) is 79.0 cm³/mol. The summed E-state index contributed by atoms with van der Waals surface area (Å²) in [6.07, 6.45) is 2.62. The molecule has 3 rings (SSSR count). The maximum absolute atomic E-state index is 12.5. The van der Waals surface area contributed by atoms with E-state index in [0.717, 1.165) is 12.8 Å². The van der Waals surface area contributed by atoms with Crippen molar-refractivity contribution in [3.8, 4) is 0 Å². The van der Waals surface area contributed by atoms with Gasteiger partial charge in [-0.25, -0.2) is 13.1 Å². The zero-order valence-electron chi connectivity index (χ0n) is 11.1. The molecule has 0 spiro atoms. The lowest BCUT2D eigenvalue weighted by Crippen LogP contribution is -2.41. The Hall–Kier alpha value is -0.370. The first-order valence-electron chi connectivity index (χ1n) is 6.68. The van der Waals surface area contributed by atoms with Crippen LogP contribution < -0.4 is 4.72 Å². The normalized spacial score (nSPS) is 28.2. The first kappa shape index (κ1) is 15.5. The Kier molecular flexibility index (Phi) is 4.20. The molecule has 2 fully saturated rings. The van der Waals surface area contributed by atoms with Crippen LogP contribution in [-0.2, 0) is 21.4 Å². The molecule has 0 amide bonds. The molecule has 0 radical (unpaired) electrons. The molecule has 8 heteroatoms. The summed E-state index contributed by atoms with van der Waals surface area (Å²) in [6.45, 7) is -0.418. The zero-order chi connectivity index (χ0) is 15.2. The lowest BCUT2D eigenvalue weighted by molar-refractivity contribution is 0.0996. The quantitative estimate of drug-likeness (QED) is 0.870. The highest BCUT2D eigenvalue weighted by Gasteiger charge is 2.42. The maximum Gasteiger partial charge on any atom is 0.242 e. The Balaban J connectivity index is 1.88. The van der Waals surface area contributed by atoms with Crippen LogP contribution in [0.5, 0.6) is 0 Å². The molecule has 21 heavy (non-hydrogen) atoms. The zero-order valence-corrected chi connectivity index (χ0v) is 13.4. The van der Waals surface area contributed by atoms with E-state index in [0.29, 0.717) is 6.42 Å². The Bertz CT molecular complexity index is 664. The monoisotopic (exact) mass is 351 g/mol. The third-order valence-electron chi connectivity index (χ3n) is 4.01. The van der Waals surface area contributed by atoms with Gasteiger partial charge in [-0.3, -0.25) is 0 Å². The number of nitrogens with one attached hydrogen (secondary N) is 1. The lowest BCUT2D eigenvalue weighted by Gasteiger charge is -2.20. The molecule has 116 valence electrons. The molecular formula is C13H15Cl2NO4S. The number of hydrogen-bond acceptors (Lipinski definition) is 4. The van der Waals surface area contributed by atoms with E-state index in [-0.39, 0.29) is 38.8 Å². The average Bonchev–Trinajstić information content (AvgIpc) is 3.00. The number of fused-ring (bicyclic) bond motifs is 2. The number of aliphatic hydroxyl groups excluding tert-OH is 1. The Morgan fingerprint density at radius 1 is 1.33 bits per heavy atom. The molecule has 3 unspecified atom stereocenters. The van der Waals surface area contributed by atoms with Gasteiger partial charge in [0.1, 0.15) is 4.90 Å². The van der Waals surface area contributed by atoms with Crippen molar-refractivity contribution < 1.29 is 18.3 Å². The SMILES string of the molecule is O=S(=O)(NC1CC2CCC1O2)c1ccc(Cl)c(CO)c1Cl. The molecule has 2 saturated heterocycles. The lowest BCUT2D eigenvalue weighted by atomic mass is 9.96. The minimum Gasteiger partial charge on any atom is -0.392 e. The summed E-state index contributed by atoms with van der Waals surface area (Å²) in [6, 6.07) is 2.54. The van der Waals surface area contributed by atoms with Crippen LogP contribution in [0.4, 0.5) is 0 Å². The van der Waals surface area contributed by atoms with Crippen molar-refractivity contribution in [2.75, 3.05) is 0 Å². The molecule has 1 aromatic carbocycles. The van der Waals surface area contributed by atoms with Crippen molar-refractivity contribution in [1.29, 1.82) is 0 Å². The van der Waals surface area contributed by atoms with Gasteiger partial charge < -0.3 is 9.84 Å².